The molecule has 1 saturated heterocycles. The van der Waals surface area contributed by atoms with E-state index >= 15 is 0 Å². The number of ether oxygens (including phenoxy) is 1. The van der Waals surface area contributed by atoms with Gasteiger partial charge in [-0.05, 0) is 24.6 Å². The summed E-state index contributed by atoms with van der Waals surface area (Å²) in [5, 5.41) is 10.8. The summed E-state index contributed by atoms with van der Waals surface area (Å²) in [5.41, 5.74) is 6.67. The zero-order valence-corrected chi connectivity index (χ0v) is 13.6. The summed E-state index contributed by atoms with van der Waals surface area (Å²) in [7, 11) is 0. The molecule has 3 atom stereocenters. The Balaban J connectivity index is 1.72. The minimum atomic E-state index is -1.11. The van der Waals surface area contributed by atoms with Crippen molar-refractivity contribution in [2.75, 3.05) is 12.3 Å². The molecule has 8 heteroatoms. The lowest BCUT2D eigenvalue weighted by atomic mass is 9.87. The number of anilines is 1. The molecule has 1 aliphatic heterocycles. The first-order valence-electron chi connectivity index (χ1n) is 7.98. The van der Waals surface area contributed by atoms with Crippen LogP contribution in [0, 0.1) is 5.82 Å². The van der Waals surface area contributed by atoms with Crippen LogP contribution in [0.5, 0.6) is 0 Å². The lowest BCUT2D eigenvalue weighted by Crippen LogP contribution is -2.45. The summed E-state index contributed by atoms with van der Waals surface area (Å²) >= 11 is 0. The van der Waals surface area contributed by atoms with Gasteiger partial charge in [-0.2, -0.15) is 0 Å². The Bertz CT molecular complexity index is 909. The van der Waals surface area contributed by atoms with E-state index in [9.17, 15) is 9.50 Å². The summed E-state index contributed by atoms with van der Waals surface area (Å²) in [6.07, 6.45) is 3.22. The molecule has 0 radical (unpaired) electrons. The minimum absolute atomic E-state index is 0.139. The summed E-state index contributed by atoms with van der Waals surface area (Å²) in [5.74, 6) is 0.00132. The van der Waals surface area contributed by atoms with Gasteiger partial charge in [-0.3, -0.25) is 0 Å². The SMILES string of the molecule is C[C@]1(O)CO[C@@H](c2ccc(F)cc2)C[C@@H]1n1cnc2c(N)ncnc21. The molecule has 25 heavy (non-hydrogen) atoms. The van der Waals surface area contributed by atoms with Crippen LogP contribution in [-0.4, -0.2) is 36.8 Å². The predicted octanol–water partition coefficient (Wildman–Crippen LogP) is 2.00. The second-order valence-corrected chi connectivity index (χ2v) is 6.54. The van der Waals surface area contributed by atoms with E-state index in [1.807, 2.05) is 4.57 Å². The molecule has 130 valence electrons. The molecule has 0 amide bonds. The largest absolute Gasteiger partial charge is 0.386 e. The first-order valence-corrected chi connectivity index (χ1v) is 7.98. The summed E-state index contributed by atoms with van der Waals surface area (Å²) in [6.45, 7) is 1.86. The molecule has 2 aromatic heterocycles. The fourth-order valence-corrected chi connectivity index (χ4v) is 3.31. The molecule has 1 aliphatic rings. The number of rotatable bonds is 2. The quantitative estimate of drug-likeness (QED) is 0.738. The molecule has 0 spiro atoms. The van der Waals surface area contributed by atoms with E-state index in [0.29, 0.717) is 23.4 Å². The van der Waals surface area contributed by atoms with Crippen molar-refractivity contribution in [1.82, 2.24) is 19.5 Å². The first-order chi connectivity index (χ1) is 12.0. The Morgan fingerprint density at radius 2 is 2.04 bits per heavy atom. The van der Waals surface area contributed by atoms with Crippen LogP contribution in [0.2, 0.25) is 0 Å². The van der Waals surface area contributed by atoms with E-state index in [2.05, 4.69) is 15.0 Å². The highest BCUT2D eigenvalue weighted by Crippen LogP contribution is 2.41. The molecule has 1 fully saturated rings. The fourth-order valence-electron chi connectivity index (χ4n) is 3.31. The summed E-state index contributed by atoms with van der Waals surface area (Å²) < 4.78 is 20.8. The van der Waals surface area contributed by atoms with E-state index in [1.54, 1.807) is 25.4 Å². The smallest absolute Gasteiger partial charge is 0.165 e. The van der Waals surface area contributed by atoms with Gasteiger partial charge < -0.3 is 20.1 Å². The fraction of sp³-hybridized carbons (Fsp3) is 0.353. The molecular weight excluding hydrogens is 325 g/mol. The van der Waals surface area contributed by atoms with Gasteiger partial charge in [0.05, 0.1) is 25.1 Å². The number of benzene rings is 1. The van der Waals surface area contributed by atoms with Crippen LogP contribution in [-0.2, 0) is 4.74 Å². The van der Waals surface area contributed by atoms with Crippen LogP contribution >= 0.6 is 0 Å². The third kappa shape index (κ3) is 2.73. The van der Waals surface area contributed by atoms with Crippen molar-refractivity contribution < 1.29 is 14.2 Å². The average Bonchev–Trinajstić information content (AvgIpc) is 3.01. The van der Waals surface area contributed by atoms with E-state index < -0.39 is 5.60 Å². The predicted molar refractivity (Wildman–Crippen MR) is 89.1 cm³/mol. The van der Waals surface area contributed by atoms with Crippen LogP contribution in [0.3, 0.4) is 0 Å². The Kier molecular flexibility index (Phi) is 3.66. The molecule has 0 aliphatic carbocycles. The topological polar surface area (TPSA) is 99.1 Å². The number of imidazole rings is 1. The molecule has 1 aromatic carbocycles. The Morgan fingerprint density at radius 3 is 2.80 bits per heavy atom. The molecule has 3 N–H and O–H groups in total. The van der Waals surface area contributed by atoms with E-state index in [4.69, 9.17) is 10.5 Å². The monoisotopic (exact) mass is 343 g/mol. The molecule has 3 heterocycles. The standard InChI is InChI=1S/C17H18FN5O2/c1-17(24)7-25-12(10-2-4-11(18)5-3-10)6-13(17)23-9-22-14-15(19)20-8-21-16(14)23/h2-5,8-9,12-13,24H,6-7H2,1H3,(H2,19,20,21)/t12-,13+,17+/m1/s1. The maximum absolute atomic E-state index is 13.2. The maximum Gasteiger partial charge on any atom is 0.165 e. The van der Waals surface area contributed by atoms with Crippen molar-refractivity contribution >= 4 is 17.0 Å². The zero-order valence-electron chi connectivity index (χ0n) is 13.6. The average molecular weight is 343 g/mol. The number of nitrogens with zero attached hydrogens (tertiary/aromatic N) is 4. The van der Waals surface area contributed by atoms with Gasteiger partial charge in [0.1, 0.15) is 23.3 Å². The highest BCUT2D eigenvalue weighted by atomic mass is 19.1. The van der Waals surface area contributed by atoms with Crippen molar-refractivity contribution in [2.45, 2.75) is 31.1 Å². The Morgan fingerprint density at radius 1 is 1.28 bits per heavy atom. The molecule has 0 bridgehead atoms. The van der Waals surface area contributed by atoms with Crippen LogP contribution < -0.4 is 5.73 Å². The van der Waals surface area contributed by atoms with Crippen LogP contribution in [0.25, 0.3) is 11.2 Å². The zero-order chi connectivity index (χ0) is 17.6. The van der Waals surface area contributed by atoms with Crippen molar-refractivity contribution in [2.24, 2.45) is 0 Å². The highest BCUT2D eigenvalue weighted by molar-refractivity contribution is 5.81. The Hall–Kier alpha value is -2.58. The van der Waals surface area contributed by atoms with Gasteiger partial charge in [0.15, 0.2) is 11.5 Å². The van der Waals surface area contributed by atoms with Crippen molar-refractivity contribution in [1.29, 1.82) is 0 Å². The van der Waals surface area contributed by atoms with E-state index in [-0.39, 0.29) is 24.6 Å². The minimum Gasteiger partial charge on any atom is -0.386 e. The molecule has 3 aromatic rings. The lowest BCUT2D eigenvalue weighted by Gasteiger charge is -2.41. The third-order valence-electron chi connectivity index (χ3n) is 4.70. The van der Waals surface area contributed by atoms with Crippen LogP contribution in [0.15, 0.2) is 36.9 Å². The van der Waals surface area contributed by atoms with Crippen LogP contribution in [0.1, 0.15) is 31.1 Å². The Labute approximate surface area is 143 Å². The summed E-state index contributed by atoms with van der Waals surface area (Å²) in [4.78, 5) is 12.5. The van der Waals surface area contributed by atoms with Gasteiger partial charge >= 0.3 is 0 Å². The van der Waals surface area contributed by atoms with Gasteiger partial charge in [-0.25, -0.2) is 19.3 Å². The van der Waals surface area contributed by atoms with Gasteiger partial charge in [-0.1, -0.05) is 12.1 Å². The second-order valence-electron chi connectivity index (χ2n) is 6.54. The summed E-state index contributed by atoms with van der Waals surface area (Å²) in [6, 6.07) is 5.88. The number of aromatic nitrogens is 4. The van der Waals surface area contributed by atoms with Gasteiger partial charge in [0.2, 0.25) is 0 Å². The lowest BCUT2D eigenvalue weighted by molar-refractivity contribution is -0.140. The number of nitrogens with two attached hydrogens (primary N) is 1. The number of fused-ring (bicyclic) bond motifs is 1. The number of halogens is 1. The van der Waals surface area contributed by atoms with E-state index in [0.717, 1.165) is 5.56 Å². The van der Waals surface area contributed by atoms with Crippen LogP contribution in [0.4, 0.5) is 10.2 Å². The number of hydrogen-bond acceptors (Lipinski definition) is 6. The van der Waals surface area contributed by atoms with Crippen molar-refractivity contribution in [3.63, 3.8) is 0 Å². The maximum atomic E-state index is 13.2. The third-order valence-corrected chi connectivity index (χ3v) is 4.70. The van der Waals surface area contributed by atoms with Crippen molar-refractivity contribution in [3.8, 4) is 0 Å². The molecule has 0 saturated carbocycles. The molecular formula is C17H18FN5O2. The molecule has 4 rings (SSSR count). The second kappa shape index (κ2) is 5.75. The molecule has 0 unspecified atom stereocenters. The van der Waals surface area contributed by atoms with Crippen molar-refractivity contribution in [3.05, 3.63) is 48.3 Å². The number of aliphatic hydroxyl groups is 1. The highest BCUT2D eigenvalue weighted by Gasteiger charge is 2.41. The number of nitrogen functional groups attached to an aromatic ring is 1. The molecule has 7 nitrogen and oxygen atoms in total. The first kappa shape index (κ1) is 15.9. The van der Waals surface area contributed by atoms with Gasteiger partial charge in [0, 0.05) is 6.42 Å². The van der Waals surface area contributed by atoms with Gasteiger partial charge in [-0.15, -0.1) is 0 Å². The number of hydrogen-bond donors (Lipinski definition) is 2. The van der Waals surface area contributed by atoms with Gasteiger partial charge in [0.25, 0.3) is 0 Å². The van der Waals surface area contributed by atoms with E-state index in [1.165, 1.54) is 18.5 Å². The normalized spacial score (nSPS) is 26.8.